The smallest absolute Gasteiger partial charge is 0.227 e. The quantitative estimate of drug-likeness (QED) is 0.474. The van der Waals surface area contributed by atoms with Crippen molar-refractivity contribution in [2.45, 2.75) is 18.9 Å². The summed E-state index contributed by atoms with van der Waals surface area (Å²) < 4.78 is 12.8. The topological polar surface area (TPSA) is 106 Å². The van der Waals surface area contributed by atoms with E-state index in [0.717, 1.165) is 48.0 Å². The Morgan fingerprint density at radius 1 is 1.16 bits per heavy atom. The first-order valence-electron chi connectivity index (χ1n) is 10.3. The predicted octanol–water partition coefficient (Wildman–Crippen LogP) is 3.75. The predicted molar refractivity (Wildman–Crippen MR) is 117 cm³/mol. The number of pyridine rings is 1. The highest BCUT2D eigenvalue weighted by Crippen LogP contribution is 2.37. The number of hydrogen-bond acceptors (Lipinski definition) is 8. The van der Waals surface area contributed by atoms with E-state index < -0.39 is 0 Å². The number of benzene rings is 1. The molecule has 5 rings (SSSR count). The molecule has 0 aliphatic carbocycles. The van der Waals surface area contributed by atoms with Gasteiger partial charge in [-0.1, -0.05) is 17.3 Å². The summed E-state index contributed by atoms with van der Waals surface area (Å²) in [5.41, 5.74) is 3.15. The molecule has 1 atom stereocenters. The molecular formula is C23H21N7O2. The summed E-state index contributed by atoms with van der Waals surface area (Å²) in [5, 5.41) is 22.4. The average Bonchev–Trinajstić information content (AvgIpc) is 3.58. The molecule has 0 saturated carbocycles. The second-order valence-corrected chi connectivity index (χ2v) is 7.63. The Bertz CT molecular complexity index is 1300. The molecule has 160 valence electrons. The van der Waals surface area contributed by atoms with Crippen molar-refractivity contribution in [2.24, 2.45) is 7.05 Å². The van der Waals surface area contributed by atoms with E-state index in [0.29, 0.717) is 17.2 Å². The number of rotatable bonds is 5. The number of anilines is 1. The van der Waals surface area contributed by atoms with Crippen molar-refractivity contribution in [3.05, 3.63) is 59.9 Å². The lowest BCUT2D eigenvalue weighted by Crippen LogP contribution is -2.25. The van der Waals surface area contributed by atoms with Gasteiger partial charge < -0.3 is 14.2 Å². The van der Waals surface area contributed by atoms with Crippen molar-refractivity contribution in [3.63, 3.8) is 0 Å². The molecular weight excluding hydrogens is 406 g/mol. The standard InChI is InChI=1S/C23H21N7O2/c1-29-22(17-8-9-25-21(12-17)31-2)26-27-23(29)30-10-4-7-19(30)18-13-20(32-28-18)16-6-3-5-15(11-16)14-24/h3,5-6,8-9,11-13,19H,4,7,10H2,1-2H3. The fraction of sp³-hybridized carbons (Fsp3) is 0.261. The molecule has 0 N–H and O–H groups in total. The first-order chi connectivity index (χ1) is 15.7. The Morgan fingerprint density at radius 3 is 2.91 bits per heavy atom. The molecule has 1 aliphatic rings. The Balaban J connectivity index is 1.44. The van der Waals surface area contributed by atoms with E-state index >= 15 is 0 Å². The molecule has 4 heterocycles. The van der Waals surface area contributed by atoms with E-state index in [4.69, 9.17) is 14.5 Å². The second kappa shape index (κ2) is 8.15. The minimum absolute atomic E-state index is 0.0365. The summed E-state index contributed by atoms with van der Waals surface area (Å²) in [4.78, 5) is 6.37. The lowest BCUT2D eigenvalue weighted by molar-refractivity contribution is 0.398. The van der Waals surface area contributed by atoms with Crippen LogP contribution in [0.15, 0.2) is 53.2 Å². The summed E-state index contributed by atoms with van der Waals surface area (Å²) >= 11 is 0. The van der Waals surface area contributed by atoms with Gasteiger partial charge in [-0.15, -0.1) is 10.2 Å². The zero-order chi connectivity index (χ0) is 22.1. The van der Waals surface area contributed by atoms with Gasteiger partial charge in [-0.05, 0) is 31.0 Å². The lowest BCUT2D eigenvalue weighted by Gasteiger charge is -2.23. The number of methoxy groups -OCH3 is 1. The minimum Gasteiger partial charge on any atom is -0.481 e. The number of ether oxygens (including phenoxy) is 1. The molecule has 1 aliphatic heterocycles. The minimum atomic E-state index is 0.0365. The van der Waals surface area contributed by atoms with Gasteiger partial charge in [0.05, 0.1) is 24.8 Å². The normalized spacial score (nSPS) is 15.7. The van der Waals surface area contributed by atoms with Crippen LogP contribution in [0, 0.1) is 11.3 Å². The zero-order valence-electron chi connectivity index (χ0n) is 17.8. The molecule has 32 heavy (non-hydrogen) atoms. The van der Waals surface area contributed by atoms with Crippen LogP contribution in [0.1, 0.15) is 30.1 Å². The Kier molecular flexibility index (Phi) is 5.03. The third-order valence-corrected chi connectivity index (χ3v) is 5.71. The fourth-order valence-electron chi connectivity index (χ4n) is 4.12. The third-order valence-electron chi connectivity index (χ3n) is 5.71. The molecule has 1 saturated heterocycles. The van der Waals surface area contributed by atoms with Crippen LogP contribution in [0.4, 0.5) is 5.95 Å². The first kappa shape index (κ1) is 19.8. The van der Waals surface area contributed by atoms with Crippen LogP contribution >= 0.6 is 0 Å². The molecule has 3 aromatic heterocycles. The molecule has 1 aromatic carbocycles. The van der Waals surface area contributed by atoms with E-state index in [2.05, 4.69) is 31.3 Å². The van der Waals surface area contributed by atoms with Crippen molar-refractivity contribution in [1.82, 2.24) is 24.9 Å². The van der Waals surface area contributed by atoms with Crippen LogP contribution in [0.5, 0.6) is 5.88 Å². The van der Waals surface area contributed by atoms with Gasteiger partial charge in [-0.3, -0.25) is 4.57 Å². The van der Waals surface area contributed by atoms with Crippen LogP contribution < -0.4 is 9.64 Å². The summed E-state index contributed by atoms with van der Waals surface area (Å²) in [7, 11) is 3.54. The van der Waals surface area contributed by atoms with Crippen LogP contribution in [-0.4, -0.2) is 38.6 Å². The number of nitrogens with zero attached hydrogens (tertiary/aromatic N) is 7. The highest BCUT2D eigenvalue weighted by Gasteiger charge is 2.32. The van der Waals surface area contributed by atoms with Gasteiger partial charge in [0.2, 0.25) is 11.8 Å². The van der Waals surface area contributed by atoms with Crippen molar-refractivity contribution in [2.75, 3.05) is 18.6 Å². The van der Waals surface area contributed by atoms with Crippen LogP contribution in [0.3, 0.4) is 0 Å². The summed E-state index contributed by atoms with van der Waals surface area (Å²) in [6, 6.07) is 15.2. The Morgan fingerprint density at radius 2 is 2.06 bits per heavy atom. The molecule has 1 unspecified atom stereocenters. The van der Waals surface area contributed by atoms with Crippen LogP contribution in [-0.2, 0) is 7.05 Å². The largest absolute Gasteiger partial charge is 0.481 e. The molecule has 1 fully saturated rings. The second-order valence-electron chi connectivity index (χ2n) is 7.63. The molecule has 0 spiro atoms. The van der Waals surface area contributed by atoms with Crippen LogP contribution in [0.2, 0.25) is 0 Å². The van der Waals surface area contributed by atoms with Gasteiger partial charge in [-0.25, -0.2) is 4.98 Å². The van der Waals surface area contributed by atoms with Crippen molar-refractivity contribution >= 4 is 5.95 Å². The van der Waals surface area contributed by atoms with Crippen molar-refractivity contribution < 1.29 is 9.26 Å². The molecule has 0 amide bonds. The van der Waals surface area contributed by atoms with Gasteiger partial charge in [0, 0.05) is 43.0 Å². The zero-order valence-corrected chi connectivity index (χ0v) is 17.8. The third kappa shape index (κ3) is 3.46. The maximum Gasteiger partial charge on any atom is 0.227 e. The Hall–Kier alpha value is -4.19. The van der Waals surface area contributed by atoms with Crippen molar-refractivity contribution in [1.29, 1.82) is 5.26 Å². The average molecular weight is 427 g/mol. The van der Waals surface area contributed by atoms with E-state index in [9.17, 15) is 0 Å². The maximum atomic E-state index is 9.16. The molecule has 4 aromatic rings. The SMILES string of the molecule is COc1cc(-c2nnc(N3CCCC3c3cc(-c4cccc(C#N)c4)on3)n2C)ccn1. The van der Waals surface area contributed by atoms with E-state index in [1.807, 2.05) is 41.9 Å². The molecule has 0 bridgehead atoms. The first-order valence-corrected chi connectivity index (χ1v) is 10.3. The molecule has 9 heteroatoms. The number of nitriles is 1. The number of hydrogen-bond donors (Lipinski definition) is 0. The summed E-state index contributed by atoms with van der Waals surface area (Å²) in [6.07, 6.45) is 3.65. The highest BCUT2D eigenvalue weighted by atomic mass is 16.5. The van der Waals surface area contributed by atoms with Gasteiger partial charge in [0.15, 0.2) is 11.6 Å². The van der Waals surface area contributed by atoms with E-state index in [1.54, 1.807) is 25.4 Å². The number of aromatic nitrogens is 5. The maximum absolute atomic E-state index is 9.16. The Labute approximate surface area is 184 Å². The fourth-order valence-corrected chi connectivity index (χ4v) is 4.12. The lowest BCUT2D eigenvalue weighted by atomic mass is 10.1. The molecule has 9 nitrogen and oxygen atoms in total. The van der Waals surface area contributed by atoms with E-state index in [-0.39, 0.29) is 6.04 Å². The summed E-state index contributed by atoms with van der Waals surface area (Å²) in [5.74, 6) is 2.68. The van der Waals surface area contributed by atoms with E-state index in [1.165, 1.54) is 0 Å². The van der Waals surface area contributed by atoms with Gasteiger partial charge in [0.25, 0.3) is 0 Å². The molecule has 0 radical (unpaired) electrons. The monoisotopic (exact) mass is 427 g/mol. The highest BCUT2D eigenvalue weighted by molar-refractivity contribution is 5.61. The van der Waals surface area contributed by atoms with Crippen molar-refractivity contribution in [3.8, 4) is 34.7 Å². The van der Waals surface area contributed by atoms with Gasteiger partial charge in [-0.2, -0.15) is 5.26 Å². The summed E-state index contributed by atoms with van der Waals surface area (Å²) in [6.45, 7) is 0.850. The van der Waals surface area contributed by atoms with Crippen LogP contribution in [0.25, 0.3) is 22.7 Å². The van der Waals surface area contributed by atoms with Gasteiger partial charge in [0.1, 0.15) is 5.69 Å². The van der Waals surface area contributed by atoms with Gasteiger partial charge >= 0.3 is 0 Å².